The Morgan fingerprint density at radius 2 is 2.12 bits per heavy atom. The van der Waals surface area contributed by atoms with Gasteiger partial charge in [-0.3, -0.25) is 4.79 Å². The number of hydrogen-bond donors (Lipinski definition) is 2. The van der Waals surface area contributed by atoms with Gasteiger partial charge in [-0.05, 0) is 42.4 Å². The monoisotopic (exact) mass is 343 g/mol. The lowest BCUT2D eigenvalue weighted by Gasteiger charge is -2.19. The van der Waals surface area contributed by atoms with Crippen molar-refractivity contribution >= 4 is 5.91 Å². The Balaban J connectivity index is 1.79. The van der Waals surface area contributed by atoms with Crippen LogP contribution in [0.25, 0.3) is 5.69 Å². The van der Waals surface area contributed by atoms with Crippen molar-refractivity contribution in [3.63, 3.8) is 0 Å². The molecule has 2 N–H and O–H groups in total. The summed E-state index contributed by atoms with van der Waals surface area (Å²) in [5.74, 6) is 0.115. The van der Waals surface area contributed by atoms with Crippen molar-refractivity contribution < 1.29 is 15.0 Å². The SMILES string of the molecule is CC(C)c1cccc(-n2cc(O)c(C(=O)N(C)CC(O)C3CC3)n2)c1. The highest BCUT2D eigenvalue weighted by Crippen LogP contribution is 2.33. The van der Waals surface area contributed by atoms with Crippen molar-refractivity contribution in [1.29, 1.82) is 0 Å². The first-order valence-electron chi connectivity index (χ1n) is 8.69. The number of nitrogens with zero attached hydrogens (tertiary/aromatic N) is 3. The molecule has 1 saturated carbocycles. The van der Waals surface area contributed by atoms with E-state index in [4.69, 9.17) is 0 Å². The molecule has 1 unspecified atom stereocenters. The molecule has 1 aliphatic rings. The summed E-state index contributed by atoms with van der Waals surface area (Å²) in [6, 6.07) is 7.85. The molecule has 0 saturated heterocycles. The Hall–Kier alpha value is -2.34. The van der Waals surface area contributed by atoms with Gasteiger partial charge >= 0.3 is 0 Å². The summed E-state index contributed by atoms with van der Waals surface area (Å²) >= 11 is 0. The molecule has 0 aliphatic heterocycles. The Kier molecular flexibility index (Phi) is 4.81. The lowest BCUT2D eigenvalue weighted by molar-refractivity contribution is 0.0637. The second-order valence-corrected chi connectivity index (χ2v) is 7.15. The van der Waals surface area contributed by atoms with Crippen LogP contribution in [0.5, 0.6) is 5.75 Å². The molecular weight excluding hydrogens is 318 g/mol. The summed E-state index contributed by atoms with van der Waals surface area (Å²) in [6.45, 7) is 4.46. The number of benzene rings is 1. The van der Waals surface area contributed by atoms with Gasteiger partial charge in [0.2, 0.25) is 0 Å². The van der Waals surface area contributed by atoms with E-state index in [2.05, 4.69) is 18.9 Å². The number of aromatic hydroxyl groups is 1. The van der Waals surface area contributed by atoms with Crippen LogP contribution in [0.4, 0.5) is 0 Å². The van der Waals surface area contributed by atoms with E-state index in [1.807, 2.05) is 24.3 Å². The molecule has 3 rings (SSSR count). The Morgan fingerprint density at radius 3 is 2.76 bits per heavy atom. The predicted octanol–water partition coefficient (Wildman–Crippen LogP) is 2.54. The molecule has 1 amide bonds. The van der Waals surface area contributed by atoms with Gasteiger partial charge in [-0.2, -0.15) is 5.10 Å². The standard InChI is InChI=1S/C19H25N3O3/c1-12(2)14-5-4-6-15(9-14)22-11-17(24)18(20-22)19(25)21(3)10-16(23)13-7-8-13/h4-6,9,11-13,16,23-24H,7-8,10H2,1-3H3. The van der Waals surface area contributed by atoms with Gasteiger partial charge in [-0.25, -0.2) is 4.68 Å². The van der Waals surface area contributed by atoms with E-state index in [1.54, 1.807) is 7.05 Å². The van der Waals surface area contributed by atoms with Crippen molar-refractivity contribution in [3.8, 4) is 11.4 Å². The summed E-state index contributed by atoms with van der Waals surface area (Å²) < 4.78 is 1.51. The fourth-order valence-electron chi connectivity index (χ4n) is 2.85. The zero-order chi connectivity index (χ0) is 18.1. The molecule has 1 aromatic carbocycles. The third kappa shape index (κ3) is 3.85. The van der Waals surface area contributed by atoms with E-state index in [0.29, 0.717) is 11.8 Å². The van der Waals surface area contributed by atoms with Crippen LogP contribution < -0.4 is 0 Å². The quantitative estimate of drug-likeness (QED) is 0.845. The number of rotatable bonds is 6. The Morgan fingerprint density at radius 1 is 1.40 bits per heavy atom. The minimum atomic E-state index is -0.513. The number of hydrogen-bond acceptors (Lipinski definition) is 4. The first-order valence-corrected chi connectivity index (χ1v) is 8.69. The maximum absolute atomic E-state index is 12.5. The topological polar surface area (TPSA) is 78.6 Å². The smallest absolute Gasteiger partial charge is 0.278 e. The molecule has 1 atom stereocenters. The maximum Gasteiger partial charge on any atom is 0.278 e. The Bertz CT molecular complexity index is 765. The van der Waals surface area contributed by atoms with Crippen molar-refractivity contribution in [2.24, 2.45) is 5.92 Å². The molecule has 1 aromatic heterocycles. The summed E-state index contributed by atoms with van der Waals surface area (Å²) in [5, 5.41) is 24.4. The fourth-order valence-corrected chi connectivity index (χ4v) is 2.85. The Labute approximate surface area is 147 Å². The van der Waals surface area contributed by atoms with Gasteiger partial charge in [0.15, 0.2) is 11.4 Å². The van der Waals surface area contributed by atoms with Crippen LogP contribution in [0.2, 0.25) is 0 Å². The molecule has 134 valence electrons. The van der Waals surface area contributed by atoms with E-state index in [9.17, 15) is 15.0 Å². The van der Waals surface area contributed by atoms with Crippen LogP contribution in [0.3, 0.4) is 0 Å². The van der Waals surface area contributed by atoms with Crippen molar-refractivity contribution in [1.82, 2.24) is 14.7 Å². The summed E-state index contributed by atoms with van der Waals surface area (Å²) in [6.07, 6.45) is 2.95. The van der Waals surface area contributed by atoms with Gasteiger partial charge < -0.3 is 15.1 Å². The van der Waals surface area contributed by atoms with Crippen molar-refractivity contribution in [2.75, 3.05) is 13.6 Å². The van der Waals surface area contributed by atoms with Crippen LogP contribution in [0, 0.1) is 5.92 Å². The molecule has 0 spiro atoms. The highest BCUT2D eigenvalue weighted by molar-refractivity contribution is 5.94. The molecule has 6 heteroatoms. The molecule has 1 aliphatic carbocycles. The molecule has 1 heterocycles. The highest BCUT2D eigenvalue weighted by atomic mass is 16.3. The van der Waals surface area contributed by atoms with Crippen LogP contribution in [-0.4, -0.2) is 50.5 Å². The molecule has 25 heavy (non-hydrogen) atoms. The average Bonchev–Trinajstić information content (AvgIpc) is 3.37. The first kappa shape index (κ1) is 17.5. The molecule has 0 bridgehead atoms. The van der Waals surface area contributed by atoms with Gasteiger partial charge in [0.25, 0.3) is 5.91 Å². The largest absolute Gasteiger partial charge is 0.504 e. The van der Waals surface area contributed by atoms with Crippen LogP contribution in [0.15, 0.2) is 30.5 Å². The maximum atomic E-state index is 12.5. The van der Waals surface area contributed by atoms with Gasteiger partial charge in [0, 0.05) is 13.6 Å². The summed E-state index contributed by atoms with van der Waals surface area (Å²) in [7, 11) is 1.62. The second kappa shape index (κ2) is 6.88. The van der Waals surface area contributed by atoms with E-state index in [1.165, 1.54) is 15.8 Å². The van der Waals surface area contributed by atoms with Gasteiger partial charge in [0.1, 0.15) is 0 Å². The number of carbonyl (C=O) groups is 1. The summed E-state index contributed by atoms with van der Waals surface area (Å²) in [5.41, 5.74) is 1.95. The van der Waals surface area contributed by atoms with Crippen molar-refractivity contribution in [2.45, 2.75) is 38.7 Å². The normalized spacial score (nSPS) is 15.4. The highest BCUT2D eigenvalue weighted by Gasteiger charge is 2.32. The van der Waals surface area contributed by atoms with Crippen molar-refractivity contribution in [3.05, 3.63) is 41.7 Å². The third-order valence-corrected chi connectivity index (χ3v) is 4.67. The van der Waals surface area contributed by atoms with E-state index in [0.717, 1.165) is 24.1 Å². The van der Waals surface area contributed by atoms with Gasteiger partial charge in [0.05, 0.1) is 18.0 Å². The minimum Gasteiger partial charge on any atom is -0.504 e. The van der Waals surface area contributed by atoms with Gasteiger partial charge in [-0.15, -0.1) is 0 Å². The van der Waals surface area contributed by atoms with Crippen LogP contribution >= 0.6 is 0 Å². The van der Waals surface area contributed by atoms with Crippen LogP contribution in [0.1, 0.15) is 48.7 Å². The molecule has 6 nitrogen and oxygen atoms in total. The number of carbonyl (C=O) groups excluding carboxylic acids is 1. The number of likely N-dealkylation sites (N-methyl/N-ethyl adjacent to an activating group) is 1. The van der Waals surface area contributed by atoms with E-state index < -0.39 is 12.0 Å². The molecular formula is C19H25N3O3. The fraction of sp³-hybridized carbons (Fsp3) is 0.474. The summed E-state index contributed by atoms with van der Waals surface area (Å²) in [4.78, 5) is 14.0. The second-order valence-electron chi connectivity index (χ2n) is 7.15. The number of aromatic nitrogens is 2. The van der Waals surface area contributed by atoms with Crippen LogP contribution in [-0.2, 0) is 0 Å². The lowest BCUT2D eigenvalue weighted by Crippen LogP contribution is -2.35. The predicted molar refractivity (Wildman–Crippen MR) is 95.0 cm³/mol. The molecule has 1 fully saturated rings. The zero-order valence-electron chi connectivity index (χ0n) is 14.9. The van der Waals surface area contributed by atoms with E-state index >= 15 is 0 Å². The number of aliphatic hydroxyl groups excluding tert-OH is 1. The van der Waals surface area contributed by atoms with E-state index in [-0.39, 0.29) is 18.0 Å². The first-order chi connectivity index (χ1) is 11.9. The minimum absolute atomic E-state index is 0.000414. The third-order valence-electron chi connectivity index (χ3n) is 4.67. The molecule has 0 radical (unpaired) electrons. The number of amides is 1. The lowest BCUT2D eigenvalue weighted by atomic mass is 10.0. The molecule has 2 aromatic rings. The zero-order valence-corrected chi connectivity index (χ0v) is 14.9. The number of aliphatic hydroxyl groups is 1. The average molecular weight is 343 g/mol. The van der Waals surface area contributed by atoms with Gasteiger partial charge in [-0.1, -0.05) is 26.0 Å².